The zero-order chi connectivity index (χ0) is 27.4. The highest BCUT2D eigenvalue weighted by molar-refractivity contribution is 7.97. The van der Waals surface area contributed by atoms with Gasteiger partial charge in [0.15, 0.2) is 0 Å². The Kier molecular flexibility index (Phi) is 12.1. The molecule has 1 atom stereocenters. The van der Waals surface area contributed by atoms with Gasteiger partial charge < -0.3 is 26.7 Å². The Hall–Kier alpha value is -2.37. The van der Waals surface area contributed by atoms with Crippen LogP contribution in [-0.4, -0.2) is 58.3 Å². The van der Waals surface area contributed by atoms with Crippen LogP contribution < -0.4 is 26.4 Å². The van der Waals surface area contributed by atoms with Gasteiger partial charge in [0.25, 0.3) is 0 Å². The number of piperidine rings is 1. The second-order valence-electron chi connectivity index (χ2n) is 9.19. The molecule has 2 aromatic heterocycles. The molecule has 0 spiro atoms. The summed E-state index contributed by atoms with van der Waals surface area (Å²) < 4.78 is 3.40. The third-order valence-corrected chi connectivity index (χ3v) is 7.81. The Balaban J connectivity index is 0.00000195. The molecule has 1 unspecified atom stereocenters. The maximum atomic E-state index is 13.4. The van der Waals surface area contributed by atoms with Crippen LogP contribution in [-0.2, 0) is 4.79 Å². The number of nitrogens with zero attached hydrogens (tertiary/aromatic N) is 3. The smallest absolute Gasteiger partial charge is 0.240 e. The van der Waals surface area contributed by atoms with E-state index in [1.165, 1.54) is 0 Å². The number of hydrogen-bond donors (Lipinski definition) is 5. The summed E-state index contributed by atoms with van der Waals surface area (Å²) in [7, 11) is 0. The molecule has 11 heteroatoms. The number of carbonyl (C=O) groups is 1. The van der Waals surface area contributed by atoms with Crippen molar-refractivity contribution in [3.05, 3.63) is 53.4 Å². The number of nitrogens with two attached hydrogens (primary N) is 2. The summed E-state index contributed by atoms with van der Waals surface area (Å²) in [6.45, 7) is 6.77. The summed E-state index contributed by atoms with van der Waals surface area (Å²) in [5, 5.41) is 4.87. The Morgan fingerprint density at radius 2 is 1.92 bits per heavy atom. The number of aromatic nitrogens is 3. The summed E-state index contributed by atoms with van der Waals surface area (Å²) in [5.41, 5.74) is 13.1. The van der Waals surface area contributed by atoms with Crippen LogP contribution in [0, 0.1) is 0 Å². The fourth-order valence-electron chi connectivity index (χ4n) is 4.44. The van der Waals surface area contributed by atoms with E-state index in [9.17, 15) is 4.79 Å². The molecule has 0 aliphatic carbocycles. The maximum absolute atomic E-state index is 13.4. The fourth-order valence-corrected chi connectivity index (χ4v) is 5.32. The van der Waals surface area contributed by atoms with E-state index in [0.29, 0.717) is 31.0 Å². The van der Waals surface area contributed by atoms with Gasteiger partial charge in [-0.25, -0.2) is 9.97 Å². The van der Waals surface area contributed by atoms with Crippen LogP contribution in [0.2, 0.25) is 5.02 Å². The van der Waals surface area contributed by atoms with Crippen molar-refractivity contribution in [2.75, 3.05) is 36.8 Å². The average molecular weight is 561 g/mol. The van der Waals surface area contributed by atoms with Gasteiger partial charge in [0.1, 0.15) is 17.8 Å². The monoisotopic (exact) mass is 560 g/mol. The minimum absolute atomic E-state index is 0.118. The van der Waals surface area contributed by atoms with E-state index in [-0.39, 0.29) is 11.9 Å². The molecule has 38 heavy (non-hydrogen) atoms. The van der Waals surface area contributed by atoms with E-state index in [1.807, 2.05) is 50.4 Å². The number of unbranched alkanes of at least 4 members (excludes halogenated alkanes) is 1. The number of halogens is 1. The molecule has 0 bridgehead atoms. The normalized spacial score (nSPS) is 15.6. The first-order chi connectivity index (χ1) is 18.5. The second-order valence-corrected chi connectivity index (χ2v) is 10.6. The van der Waals surface area contributed by atoms with Gasteiger partial charge in [-0.2, -0.15) is 0 Å². The molecular weight excluding hydrogens is 520 g/mol. The number of nitrogens with one attached hydrogen (secondary N) is 3. The van der Waals surface area contributed by atoms with E-state index >= 15 is 0 Å². The molecule has 1 saturated heterocycles. The Morgan fingerprint density at radius 3 is 2.63 bits per heavy atom. The molecular formula is C27H41ClN8OS. The summed E-state index contributed by atoms with van der Waals surface area (Å²) in [4.78, 5) is 27.5. The molecule has 0 radical (unpaired) electrons. The fraction of sp³-hybridized carbons (Fsp3) is 0.519. The van der Waals surface area contributed by atoms with Gasteiger partial charge in [0.2, 0.25) is 5.91 Å². The highest BCUT2D eigenvalue weighted by Crippen LogP contribution is 2.29. The van der Waals surface area contributed by atoms with E-state index in [0.717, 1.165) is 60.5 Å². The number of benzene rings is 1. The Morgan fingerprint density at radius 1 is 1.18 bits per heavy atom. The molecule has 1 aliphatic rings. The topological polar surface area (TPSA) is 138 Å². The average Bonchev–Trinajstić information content (AvgIpc) is 3.43. The zero-order valence-corrected chi connectivity index (χ0v) is 24.0. The van der Waals surface area contributed by atoms with Crippen LogP contribution in [0.5, 0.6) is 0 Å². The molecule has 4 rings (SSSR count). The zero-order valence-electron chi connectivity index (χ0n) is 22.4. The van der Waals surface area contributed by atoms with Crippen molar-refractivity contribution in [3.8, 4) is 0 Å². The van der Waals surface area contributed by atoms with Gasteiger partial charge in [-0.3, -0.25) is 9.52 Å². The van der Waals surface area contributed by atoms with Crippen molar-refractivity contribution >= 4 is 46.3 Å². The number of H-pyrrole nitrogens is 1. The highest BCUT2D eigenvalue weighted by Gasteiger charge is 2.39. The van der Waals surface area contributed by atoms with Crippen LogP contribution in [0.25, 0.3) is 11.0 Å². The van der Waals surface area contributed by atoms with Crippen molar-refractivity contribution in [3.63, 3.8) is 0 Å². The number of fused-ring (bicyclic) bond motifs is 1. The van der Waals surface area contributed by atoms with Crippen LogP contribution in [0.4, 0.5) is 5.82 Å². The molecule has 0 saturated carbocycles. The SMILES string of the molecule is CC.NCCCCSNCCC(NC(=O)C1(N)CCN(c2ncnc3[nH]ccc23)CC1)c1ccc(Cl)cc1. The lowest BCUT2D eigenvalue weighted by molar-refractivity contribution is -0.128. The summed E-state index contributed by atoms with van der Waals surface area (Å²) in [5.74, 6) is 1.77. The summed E-state index contributed by atoms with van der Waals surface area (Å²) >= 11 is 7.80. The first-order valence-corrected chi connectivity index (χ1v) is 14.8. The number of hydrogen-bond acceptors (Lipinski definition) is 8. The number of rotatable bonds is 12. The van der Waals surface area contributed by atoms with E-state index in [2.05, 4.69) is 29.9 Å². The van der Waals surface area contributed by atoms with Crippen molar-refractivity contribution in [2.45, 2.75) is 57.5 Å². The molecule has 7 N–H and O–H groups in total. The molecule has 1 aliphatic heterocycles. The number of carbonyl (C=O) groups excluding carboxylic acids is 1. The Bertz CT molecular complexity index is 1120. The standard InChI is InChI=1S/C25H35ClN8OS.C2H6/c26-19-5-3-18(4-6-19)21(8-13-32-36-16-2-1-11-27)33-24(35)25(28)9-14-34(15-10-25)23-20-7-12-29-22(20)30-17-31-23;1-2/h3-7,12,17,21,32H,1-2,8-11,13-16,27-28H2,(H,33,35)(H,29,30,31);1-2H3. The van der Waals surface area contributed by atoms with Gasteiger partial charge in [-0.1, -0.05) is 49.5 Å². The number of anilines is 1. The van der Waals surface area contributed by atoms with Crippen LogP contribution >= 0.6 is 23.5 Å². The van der Waals surface area contributed by atoms with Gasteiger partial charge in [-0.15, -0.1) is 0 Å². The first-order valence-electron chi connectivity index (χ1n) is 13.4. The molecule has 3 heterocycles. The molecule has 1 amide bonds. The van der Waals surface area contributed by atoms with E-state index in [1.54, 1.807) is 18.3 Å². The molecule has 3 aromatic rings. The van der Waals surface area contributed by atoms with Gasteiger partial charge >= 0.3 is 0 Å². The third kappa shape index (κ3) is 8.07. The maximum Gasteiger partial charge on any atom is 0.240 e. The minimum atomic E-state index is -0.935. The van der Waals surface area contributed by atoms with E-state index in [4.69, 9.17) is 23.1 Å². The predicted octanol–water partition coefficient (Wildman–Crippen LogP) is 4.16. The van der Waals surface area contributed by atoms with Crippen molar-refractivity contribution < 1.29 is 4.79 Å². The lowest BCUT2D eigenvalue weighted by atomic mass is 9.87. The number of aromatic amines is 1. The first kappa shape index (κ1) is 30.2. The summed E-state index contributed by atoms with van der Waals surface area (Å²) in [6.07, 6.45) is 7.36. The molecule has 9 nitrogen and oxygen atoms in total. The van der Waals surface area contributed by atoms with E-state index < -0.39 is 5.54 Å². The van der Waals surface area contributed by atoms with Crippen molar-refractivity contribution in [1.29, 1.82) is 0 Å². The van der Waals surface area contributed by atoms with Crippen LogP contribution in [0.1, 0.15) is 57.6 Å². The van der Waals surface area contributed by atoms with Crippen molar-refractivity contribution in [2.24, 2.45) is 11.5 Å². The molecule has 208 valence electrons. The third-order valence-electron chi connectivity index (χ3n) is 6.66. The second kappa shape index (κ2) is 15.3. The van der Waals surface area contributed by atoms with Crippen LogP contribution in [0.15, 0.2) is 42.9 Å². The highest BCUT2D eigenvalue weighted by atomic mass is 35.5. The minimum Gasteiger partial charge on any atom is -0.356 e. The Labute approximate surface area is 235 Å². The largest absolute Gasteiger partial charge is 0.356 e. The quantitative estimate of drug-likeness (QED) is 0.164. The van der Waals surface area contributed by atoms with Gasteiger partial charge in [0, 0.05) is 36.6 Å². The van der Waals surface area contributed by atoms with Gasteiger partial charge in [-0.05, 0) is 62.4 Å². The van der Waals surface area contributed by atoms with Crippen molar-refractivity contribution in [1.82, 2.24) is 25.0 Å². The van der Waals surface area contributed by atoms with Crippen LogP contribution in [0.3, 0.4) is 0 Å². The lowest BCUT2D eigenvalue weighted by Crippen LogP contribution is -2.60. The molecule has 1 fully saturated rings. The van der Waals surface area contributed by atoms with Gasteiger partial charge in [0.05, 0.1) is 17.0 Å². The predicted molar refractivity (Wildman–Crippen MR) is 159 cm³/mol. The number of amides is 1. The summed E-state index contributed by atoms with van der Waals surface area (Å²) in [6, 6.07) is 9.45. The molecule has 1 aromatic carbocycles. The lowest BCUT2D eigenvalue weighted by Gasteiger charge is -2.39.